The Morgan fingerprint density at radius 3 is 3.06 bits per heavy atom. The topological polar surface area (TPSA) is 106 Å². The minimum atomic E-state index is -0.290. The molecule has 0 saturated heterocycles. The minimum absolute atomic E-state index is 0.290. The first-order valence-corrected chi connectivity index (χ1v) is 4.43. The number of rotatable bonds is 3. The average molecular weight is 219 g/mol. The zero-order valence-corrected chi connectivity index (χ0v) is 8.18. The predicted molar refractivity (Wildman–Crippen MR) is 56.5 cm³/mol. The van der Waals surface area contributed by atoms with Crippen molar-refractivity contribution in [1.82, 2.24) is 10.1 Å². The summed E-state index contributed by atoms with van der Waals surface area (Å²) >= 11 is 0. The number of nitrogens with two attached hydrogens (primary N) is 1. The van der Waals surface area contributed by atoms with E-state index in [9.17, 15) is 4.79 Å². The van der Waals surface area contributed by atoms with Crippen molar-refractivity contribution in [1.29, 1.82) is 0 Å². The molecule has 0 radical (unpaired) electrons. The molecule has 0 unspecified atom stereocenters. The molecule has 0 atom stereocenters. The highest BCUT2D eigenvalue weighted by atomic mass is 16.5. The van der Waals surface area contributed by atoms with Crippen LogP contribution in [0.1, 0.15) is 10.4 Å². The van der Waals surface area contributed by atoms with Crippen molar-refractivity contribution in [2.45, 2.75) is 0 Å². The van der Waals surface area contributed by atoms with Gasteiger partial charge in [0.25, 0.3) is 5.91 Å². The van der Waals surface area contributed by atoms with Crippen LogP contribution in [0.2, 0.25) is 0 Å². The van der Waals surface area contributed by atoms with Gasteiger partial charge in [0.15, 0.2) is 0 Å². The van der Waals surface area contributed by atoms with Crippen molar-refractivity contribution in [3.8, 4) is 0 Å². The van der Waals surface area contributed by atoms with E-state index in [1.165, 1.54) is 24.7 Å². The summed E-state index contributed by atoms with van der Waals surface area (Å²) in [4.78, 5) is 15.6. The van der Waals surface area contributed by atoms with Crippen LogP contribution >= 0.6 is 0 Å². The van der Waals surface area contributed by atoms with Crippen LogP contribution < -0.4 is 16.6 Å². The zero-order chi connectivity index (χ0) is 11.4. The molecule has 0 spiro atoms. The Bertz CT molecular complexity index is 482. The molecule has 7 heteroatoms. The van der Waals surface area contributed by atoms with E-state index in [0.29, 0.717) is 17.1 Å². The molecule has 7 nitrogen and oxygen atoms in total. The number of hydrazine groups is 1. The zero-order valence-electron chi connectivity index (χ0n) is 8.18. The van der Waals surface area contributed by atoms with Crippen molar-refractivity contribution in [3.63, 3.8) is 0 Å². The maximum Gasteiger partial charge on any atom is 0.255 e. The van der Waals surface area contributed by atoms with Gasteiger partial charge in [0.2, 0.25) is 0 Å². The molecule has 2 heterocycles. The second kappa shape index (κ2) is 4.41. The number of anilines is 2. The fourth-order valence-electron chi connectivity index (χ4n) is 1.12. The largest absolute Gasteiger partial charge is 0.363 e. The number of aromatic nitrogens is 2. The number of nitrogens with zero attached hydrogens (tertiary/aromatic N) is 2. The summed E-state index contributed by atoms with van der Waals surface area (Å²) in [5, 5.41) is 6.07. The average Bonchev–Trinajstić information content (AvgIpc) is 2.82. The van der Waals surface area contributed by atoms with Crippen LogP contribution in [0.3, 0.4) is 0 Å². The van der Waals surface area contributed by atoms with Crippen LogP contribution in [0.5, 0.6) is 0 Å². The molecule has 0 bridgehead atoms. The second-order valence-electron chi connectivity index (χ2n) is 2.94. The van der Waals surface area contributed by atoms with Gasteiger partial charge in [-0.1, -0.05) is 5.16 Å². The quantitative estimate of drug-likeness (QED) is 0.515. The summed E-state index contributed by atoms with van der Waals surface area (Å²) in [6.07, 6.45) is 4.22. The summed E-state index contributed by atoms with van der Waals surface area (Å²) < 4.78 is 4.59. The van der Waals surface area contributed by atoms with Gasteiger partial charge >= 0.3 is 0 Å². The monoisotopic (exact) mass is 219 g/mol. The number of carbonyl (C=O) groups excluding carboxylic acids is 1. The Morgan fingerprint density at radius 1 is 1.50 bits per heavy atom. The van der Waals surface area contributed by atoms with Gasteiger partial charge in [-0.05, 0) is 12.1 Å². The fourth-order valence-corrected chi connectivity index (χ4v) is 1.12. The third-order valence-corrected chi connectivity index (χ3v) is 1.86. The van der Waals surface area contributed by atoms with Crippen LogP contribution in [0, 0.1) is 0 Å². The molecule has 2 aromatic rings. The molecule has 4 N–H and O–H groups in total. The summed E-state index contributed by atoms with van der Waals surface area (Å²) in [5.41, 5.74) is 3.28. The molecular formula is C9H9N5O2. The van der Waals surface area contributed by atoms with E-state index in [0.717, 1.165) is 0 Å². The third kappa shape index (κ3) is 2.15. The van der Waals surface area contributed by atoms with Gasteiger partial charge in [-0.2, -0.15) is 0 Å². The normalized spacial score (nSPS) is 9.81. The Kier molecular flexibility index (Phi) is 2.79. The van der Waals surface area contributed by atoms with E-state index in [1.807, 2.05) is 0 Å². The Morgan fingerprint density at radius 2 is 2.38 bits per heavy atom. The van der Waals surface area contributed by atoms with Crippen molar-refractivity contribution in [3.05, 3.63) is 36.4 Å². The molecule has 0 aliphatic rings. The first kappa shape index (κ1) is 10.1. The van der Waals surface area contributed by atoms with Crippen molar-refractivity contribution in [2.75, 3.05) is 10.7 Å². The first-order chi connectivity index (χ1) is 7.79. The number of pyridine rings is 1. The molecule has 82 valence electrons. The van der Waals surface area contributed by atoms with Gasteiger partial charge in [0.05, 0.1) is 6.20 Å². The lowest BCUT2D eigenvalue weighted by molar-refractivity contribution is 0.102. The molecule has 0 aromatic carbocycles. The molecule has 0 saturated carbocycles. The van der Waals surface area contributed by atoms with Gasteiger partial charge in [0, 0.05) is 11.8 Å². The number of hydrogen-bond donors (Lipinski definition) is 3. The molecular weight excluding hydrogens is 210 g/mol. The van der Waals surface area contributed by atoms with Crippen LogP contribution in [-0.2, 0) is 0 Å². The molecule has 1 amide bonds. The standard InChI is InChI=1S/C9H9N5O2/c10-14-8-3-6(1-2-11-8)9(15)13-7-4-12-16-5-7/h1-5H,10H2,(H,11,14)(H,13,15). The van der Waals surface area contributed by atoms with Crippen molar-refractivity contribution >= 4 is 17.4 Å². The van der Waals surface area contributed by atoms with Crippen LogP contribution in [0.15, 0.2) is 35.3 Å². The summed E-state index contributed by atoms with van der Waals surface area (Å²) in [6, 6.07) is 3.10. The summed E-state index contributed by atoms with van der Waals surface area (Å²) in [7, 11) is 0. The van der Waals surface area contributed by atoms with Crippen LogP contribution in [-0.4, -0.2) is 16.0 Å². The van der Waals surface area contributed by atoms with Gasteiger partial charge < -0.3 is 15.3 Å². The Labute approximate surface area is 90.6 Å². The van der Waals surface area contributed by atoms with Crippen molar-refractivity contribution in [2.24, 2.45) is 5.84 Å². The molecule has 0 fully saturated rings. The molecule has 0 aliphatic heterocycles. The number of carbonyl (C=O) groups is 1. The fraction of sp³-hybridized carbons (Fsp3) is 0. The summed E-state index contributed by atoms with van der Waals surface area (Å²) in [5.74, 6) is 5.31. The third-order valence-electron chi connectivity index (χ3n) is 1.86. The summed E-state index contributed by atoms with van der Waals surface area (Å²) in [6.45, 7) is 0. The van der Waals surface area contributed by atoms with Crippen LogP contribution in [0.25, 0.3) is 0 Å². The molecule has 2 rings (SSSR count). The van der Waals surface area contributed by atoms with E-state index in [-0.39, 0.29) is 5.91 Å². The maximum atomic E-state index is 11.7. The van der Waals surface area contributed by atoms with Gasteiger partial charge in [-0.25, -0.2) is 10.8 Å². The lowest BCUT2D eigenvalue weighted by atomic mass is 10.2. The predicted octanol–water partition coefficient (Wildman–Crippen LogP) is 0.608. The highest BCUT2D eigenvalue weighted by Gasteiger charge is 2.07. The van der Waals surface area contributed by atoms with Crippen LogP contribution in [0.4, 0.5) is 11.5 Å². The highest BCUT2D eigenvalue weighted by Crippen LogP contribution is 2.09. The Balaban J connectivity index is 2.14. The highest BCUT2D eigenvalue weighted by molar-refractivity contribution is 6.04. The smallest absolute Gasteiger partial charge is 0.255 e. The van der Waals surface area contributed by atoms with Gasteiger partial charge in [-0.3, -0.25) is 4.79 Å². The van der Waals surface area contributed by atoms with Crippen molar-refractivity contribution < 1.29 is 9.32 Å². The van der Waals surface area contributed by atoms with E-state index in [4.69, 9.17) is 5.84 Å². The van der Waals surface area contributed by atoms with E-state index in [2.05, 4.69) is 25.4 Å². The van der Waals surface area contributed by atoms with E-state index in [1.54, 1.807) is 6.07 Å². The number of amides is 1. The molecule has 0 aliphatic carbocycles. The SMILES string of the molecule is NNc1cc(C(=O)Nc2cnoc2)ccn1. The number of nitrogens with one attached hydrogen (secondary N) is 2. The lowest BCUT2D eigenvalue weighted by Crippen LogP contribution is -2.13. The number of hydrogen-bond acceptors (Lipinski definition) is 6. The van der Waals surface area contributed by atoms with E-state index >= 15 is 0 Å². The molecule has 16 heavy (non-hydrogen) atoms. The molecule has 2 aromatic heterocycles. The number of nitrogen functional groups attached to an aromatic ring is 1. The first-order valence-electron chi connectivity index (χ1n) is 4.43. The maximum absolute atomic E-state index is 11.7. The second-order valence-corrected chi connectivity index (χ2v) is 2.94. The van der Waals surface area contributed by atoms with Gasteiger partial charge in [0.1, 0.15) is 17.8 Å². The Hall–Kier alpha value is -2.41. The van der Waals surface area contributed by atoms with E-state index < -0.39 is 0 Å². The minimum Gasteiger partial charge on any atom is -0.363 e. The van der Waals surface area contributed by atoms with Gasteiger partial charge in [-0.15, -0.1) is 0 Å². The lowest BCUT2D eigenvalue weighted by Gasteiger charge is -2.03.